The Labute approximate surface area is 104 Å². The number of benzene rings is 1. The Balaban J connectivity index is 2.72. The largest absolute Gasteiger partial charge is 0.277 e. The van der Waals surface area contributed by atoms with Gasteiger partial charge in [0.25, 0.3) is 10.2 Å². The van der Waals surface area contributed by atoms with E-state index in [1.807, 2.05) is 37.3 Å². The molecule has 0 radical (unpaired) electrons. The molecule has 0 aliphatic carbocycles. The van der Waals surface area contributed by atoms with Crippen molar-refractivity contribution in [3.8, 4) is 0 Å². The number of hydrogen-bond acceptors (Lipinski definition) is 2. The van der Waals surface area contributed by atoms with Gasteiger partial charge in [-0.15, -0.1) is 0 Å². The predicted molar refractivity (Wildman–Crippen MR) is 69.8 cm³/mol. The first-order valence-corrected chi connectivity index (χ1v) is 7.04. The molecule has 2 N–H and O–H groups in total. The van der Waals surface area contributed by atoms with Crippen LogP contribution in [0.5, 0.6) is 0 Å². The lowest BCUT2D eigenvalue weighted by Gasteiger charge is -2.22. The van der Waals surface area contributed by atoms with E-state index in [9.17, 15) is 8.42 Å². The minimum Gasteiger partial charge on any atom is -0.197 e. The predicted octanol–water partition coefficient (Wildman–Crippen LogP) is 1.97. The van der Waals surface area contributed by atoms with Crippen LogP contribution in [0.4, 0.5) is 0 Å². The highest BCUT2D eigenvalue weighted by Crippen LogP contribution is 2.12. The summed E-state index contributed by atoms with van der Waals surface area (Å²) in [6, 6.07) is 9.21. The van der Waals surface area contributed by atoms with E-state index in [1.54, 1.807) is 20.8 Å². The Bertz CT molecular complexity index is 449. The third-order valence-electron chi connectivity index (χ3n) is 2.07. The van der Waals surface area contributed by atoms with E-state index >= 15 is 0 Å². The van der Waals surface area contributed by atoms with Crippen molar-refractivity contribution < 1.29 is 8.42 Å². The molecule has 1 rings (SSSR count). The van der Waals surface area contributed by atoms with Crippen LogP contribution in [0, 0.1) is 0 Å². The minimum absolute atomic E-state index is 0.254. The van der Waals surface area contributed by atoms with Gasteiger partial charge in [0.05, 0.1) is 0 Å². The van der Waals surface area contributed by atoms with Crippen LogP contribution in [0.2, 0.25) is 0 Å². The third-order valence-corrected chi connectivity index (χ3v) is 3.62. The fourth-order valence-electron chi connectivity index (χ4n) is 1.48. The summed E-state index contributed by atoms with van der Waals surface area (Å²) in [6.45, 7) is 7.23. The summed E-state index contributed by atoms with van der Waals surface area (Å²) in [4.78, 5) is 0. The maximum atomic E-state index is 11.8. The molecule has 0 saturated carbocycles. The Hall–Kier alpha value is -0.910. The molecule has 1 aromatic rings. The van der Waals surface area contributed by atoms with Gasteiger partial charge in [-0.25, -0.2) is 0 Å². The molecular formula is C12H20N2O2S. The van der Waals surface area contributed by atoms with Crippen LogP contribution in [0.3, 0.4) is 0 Å². The van der Waals surface area contributed by atoms with Gasteiger partial charge in [0.1, 0.15) is 0 Å². The molecule has 17 heavy (non-hydrogen) atoms. The molecule has 0 spiro atoms. The van der Waals surface area contributed by atoms with Crippen LogP contribution in [-0.2, 0) is 10.2 Å². The average molecular weight is 256 g/mol. The average Bonchev–Trinajstić information content (AvgIpc) is 2.14. The molecule has 4 nitrogen and oxygen atoms in total. The second-order valence-corrected chi connectivity index (χ2v) is 6.55. The van der Waals surface area contributed by atoms with Gasteiger partial charge in [0.15, 0.2) is 0 Å². The van der Waals surface area contributed by atoms with Gasteiger partial charge in [-0.3, -0.25) is 0 Å². The van der Waals surface area contributed by atoms with Crippen molar-refractivity contribution in [3.63, 3.8) is 0 Å². The van der Waals surface area contributed by atoms with Crippen molar-refractivity contribution in [1.29, 1.82) is 0 Å². The highest BCUT2D eigenvalue weighted by Gasteiger charge is 2.21. The van der Waals surface area contributed by atoms with Gasteiger partial charge in [-0.2, -0.15) is 17.9 Å². The van der Waals surface area contributed by atoms with E-state index < -0.39 is 15.7 Å². The highest BCUT2D eigenvalue weighted by molar-refractivity contribution is 7.87. The molecule has 0 saturated heterocycles. The van der Waals surface area contributed by atoms with Crippen LogP contribution >= 0.6 is 0 Å². The van der Waals surface area contributed by atoms with E-state index in [-0.39, 0.29) is 6.04 Å². The van der Waals surface area contributed by atoms with Crippen LogP contribution in [0.15, 0.2) is 30.3 Å². The molecule has 0 bridgehead atoms. The topological polar surface area (TPSA) is 58.2 Å². The van der Waals surface area contributed by atoms with E-state index in [4.69, 9.17) is 0 Å². The SMILES string of the molecule is CC(NS(=O)(=O)NC(C)(C)C)c1ccccc1. The fourth-order valence-corrected chi connectivity index (χ4v) is 2.94. The monoisotopic (exact) mass is 256 g/mol. The van der Waals surface area contributed by atoms with Crippen LogP contribution < -0.4 is 9.44 Å². The maximum Gasteiger partial charge on any atom is 0.277 e. The van der Waals surface area contributed by atoms with Gasteiger partial charge in [0.2, 0.25) is 0 Å². The van der Waals surface area contributed by atoms with Crippen molar-refractivity contribution >= 4 is 10.2 Å². The number of hydrogen-bond donors (Lipinski definition) is 2. The lowest BCUT2D eigenvalue weighted by atomic mass is 10.1. The smallest absolute Gasteiger partial charge is 0.197 e. The lowest BCUT2D eigenvalue weighted by molar-refractivity contribution is 0.478. The minimum atomic E-state index is -3.49. The molecule has 0 aliphatic rings. The number of nitrogens with one attached hydrogen (secondary N) is 2. The highest BCUT2D eigenvalue weighted by atomic mass is 32.2. The first-order valence-electron chi connectivity index (χ1n) is 5.56. The van der Waals surface area contributed by atoms with Crippen molar-refractivity contribution in [2.24, 2.45) is 0 Å². The molecular weight excluding hydrogens is 236 g/mol. The van der Waals surface area contributed by atoms with Gasteiger partial charge in [0, 0.05) is 11.6 Å². The summed E-state index contributed by atoms with van der Waals surface area (Å²) in [5.74, 6) is 0. The van der Waals surface area contributed by atoms with E-state index in [1.165, 1.54) is 0 Å². The molecule has 0 heterocycles. The second kappa shape index (κ2) is 5.16. The van der Waals surface area contributed by atoms with Crippen LogP contribution in [0.25, 0.3) is 0 Å². The van der Waals surface area contributed by atoms with Gasteiger partial charge in [-0.1, -0.05) is 30.3 Å². The van der Waals surface area contributed by atoms with E-state index in [0.717, 1.165) is 5.56 Å². The molecule has 5 heteroatoms. The summed E-state index contributed by atoms with van der Waals surface area (Å²) >= 11 is 0. The van der Waals surface area contributed by atoms with Gasteiger partial charge < -0.3 is 0 Å². The zero-order valence-electron chi connectivity index (χ0n) is 10.7. The van der Waals surface area contributed by atoms with Gasteiger partial charge >= 0.3 is 0 Å². The van der Waals surface area contributed by atoms with E-state index in [0.29, 0.717) is 0 Å². The van der Waals surface area contributed by atoms with Crippen molar-refractivity contribution in [3.05, 3.63) is 35.9 Å². The summed E-state index contributed by atoms with van der Waals surface area (Å²) in [7, 11) is -3.49. The van der Waals surface area contributed by atoms with Crippen molar-refractivity contribution in [2.75, 3.05) is 0 Å². The Morgan fingerprint density at radius 2 is 1.65 bits per heavy atom. The molecule has 0 amide bonds. The Morgan fingerprint density at radius 3 is 2.12 bits per heavy atom. The molecule has 1 atom stereocenters. The number of rotatable bonds is 4. The standard InChI is InChI=1S/C12H20N2O2S/c1-10(11-8-6-5-7-9-11)13-17(15,16)14-12(2,3)4/h5-10,13-14H,1-4H3. The molecule has 0 fully saturated rings. The Kier molecular flexibility index (Phi) is 4.30. The van der Waals surface area contributed by atoms with Crippen molar-refractivity contribution in [2.45, 2.75) is 39.3 Å². The van der Waals surface area contributed by atoms with Crippen LogP contribution in [-0.4, -0.2) is 14.0 Å². The summed E-state index contributed by atoms with van der Waals surface area (Å²) in [5.41, 5.74) is 0.453. The zero-order chi connectivity index (χ0) is 13.1. The summed E-state index contributed by atoms with van der Waals surface area (Å²) < 4.78 is 28.8. The van der Waals surface area contributed by atoms with Gasteiger partial charge in [-0.05, 0) is 33.3 Å². The normalized spacial score (nSPS) is 14.6. The maximum absolute atomic E-state index is 11.8. The van der Waals surface area contributed by atoms with Crippen LogP contribution in [0.1, 0.15) is 39.3 Å². The first kappa shape index (κ1) is 14.2. The molecule has 96 valence electrons. The fraction of sp³-hybridized carbons (Fsp3) is 0.500. The molecule has 0 aliphatic heterocycles. The summed E-state index contributed by atoms with van der Waals surface area (Å²) in [6.07, 6.45) is 0. The third kappa shape index (κ3) is 5.30. The molecule has 1 aromatic carbocycles. The second-order valence-electron chi connectivity index (χ2n) is 5.11. The lowest BCUT2D eigenvalue weighted by Crippen LogP contribution is -2.47. The molecule has 1 unspecified atom stereocenters. The van der Waals surface area contributed by atoms with Crippen molar-refractivity contribution in [1.82, 2.24) is 9.44 Å². The first-order chi connectivity index (χ1) is 7.70. The quantitative estimate of drug-likeness (QED) is 0.865. The van der Waals surface area contributed by atoms with E-state index in [2.05, 4.69) is 9.44 Å². The zero-order valence-corrected chi connectivity index (χ0v) is 11.5. The Morgan fingerprint density at radius 1 is 1.12 bits per heavy atom. The molecule has 0 aromatic heterocycles. The summed E-state index contributed by atoms with van der Waals surface area (Å²) in [5, 5.41) is 0.